The molecule has 68 heavy (non-hydrogen) atoms. The minimum Gasteiger partial charge on any atom is -0.462 e. The van der Waals surface area contributed by atoms with Crippen LogP contribution in [0.5, 0.6) is 0 Å². The largest absolute Gasteiger partial charge is 0.462 e. The summed E-state index contributed by atoms with van der Waals surface area (Å²) in [4.78, 5) is 37.9. The lowest BCUT2D eigenvalue weighted by molar-refractivity contribution is -0.166. The van der Waals surface area contributed by atoms with E-state index in [4.69, 9.17) is 14.2 Å². The fourth-order valence-electron chi connectivity index (χ4n) is 7.39. The predicted molar refractivity (Wildman–Crippen MR) is 293 cm³/mol. The quantitative estimate of drug-likeness (QED) is 0.0262. The van der Waals surface area contributed by atoms with Crippen molar-refractivity contribution in [2.75, 3.05) is 13.2 Å². The Kier molecular flexibility index (Phi) is 52.4. The molecule has 0 spiro atoms. The topological polar surface area (TPSA) is 78.9 Å². The SMILES string of the molecule is CC/C=C\C/C=C\C/C=C\C/C=C\CCCCCCCCCCCCCCCCC(=O)OCC(COC(=O)CCCCCCC/C=C\CCC)OC(=O)CC/C=C\C/C=C\C/C=C\C/C=C\CC. The molecular formula is C62H102O6. The molecule has 0 N–H and O–H groups in total. The van der Waals surface area contributed by atoms with Crippen LogP contribution in [0.15, 0.2) is 109 Å². The Labute approximate surface area is 419 Å². The number of allylic oxidation sites excluding steroid dienone is 18. The Balaban J connectivity index is 4.24. The van der Waals surface area contributed by atoms with Crippen molar-refractivity contribution in [3.8, 4) is 0 Å². The smallest absolute Gasteiger partial charge is 0.306 e. The number of carbonyl (C=O) groups excluding carboxylic acids is 3. The number of hydrogen-bond donors (Lipinski definition) is 0. The molecule has 0 aliphatic rings. The van der Waals surface area contributed by atoms with Crippen LogP contribution >= 0.6 is 0 Å². The van der Waals surface area contributed by atoms with Crippen LogP contribution in [-0.4, -0.2) is 37.2 Å². The Morgan fingerprint density at radius 2 is 0.603 bits per heavy atom. The summed E-state index contributed by atoms with van der Waals surface area (Å²) < 4.78 is 16.7. The lowest BCUT2D eigenvalue weighted by Gasteiger charge is -2.18. The summed E-state index contributed by atoms with van der Waals surface area (Å²) in [5, 5.41) is 0. The first-order valence-electron chi connectivity index (χ1n) is 27.9. The molecule has 0 bridgehead atoms. The van der Waals surface area contributed by atoms with Crippen molar-refractivity contribution < 1.29 is 28.6 Å². The molecule has 0 fully saturated rings. The summed E-state index contributed by atoms with van der Waals surface area (Å²) in [5.41, 5.74) is 0. The van der Waals surface area contributed by atoms with Crippen molar-refractivity contribution >= 4 is 17.9 Å². The van der Waals surface area contributed by atoms with E-state index in [0.29, 0.717) is 19.3 Å². The fourth-order valence-corrected chi connectivity index (χ4v) is 7.39. The average Bonchev–Trinajstić information content (AvgIpc) is 3.34. The van der Waals surface area contributed by atoms with Gasteiger partial charge in [-0.15, -0.1) is 0 Å². The molecule has 0 rings (SSSR count). The molecule has 386 valence electrons. The second-order valence-corrected chi connectivity index (χ2v) is 18.1. The molecule has 1 atom stereocenters. The van der Waals surface area contributed by atoms with Gasteiger partial charge in [-0.3, -0.25) is 14.4 Å². The molecule has 0 heterocycles. The zero-order valence-electron chi connectivity index (χ0n) is 44.1. The van der Waals surface area contributed by atoms with E-state index in [9.17, 15) is 14.4 Å². The molecule has 0 radical (unpaired) electrons. The number of carbonyl (C=O) groups is 3. The highest BCUT2D eigenvalue weighted by Gasteiger charge is 2.19. The predicted octanol–water partition coefficient (Wildman–Crippen LogP) is 18.7. The fraction of sp³-hybridized carbons (Fsp3) is 0.661. The molecule has 0 aliphatic heterocycles. The minimum absolute atomic E-state index is 0.110. The third kappa shape index (κ3) is 53.0. The van der Waals surface area contributed by atoms with E-state index in [1.165, 1.54) is 89.9 Å². The van der Waals surface area contributed by atoms with Crippen LogP contribution in [0.4, 0.5) is 0 Å². The lowest BCUT2D eigenvalue weighted by atomic mass is 10.0. The monoisotopic (exact) mass is 943 g/mol. The van der Waals surface area contributed by atoms with E-state index in [-0.39, 0.29) is 31.6 Å². The minimum atomic E-state index is -0.819. The van der Waals surface area contributed by atoms with Crippen LogP contribution in [0.1, 0.15) is 245 Å². The van der Waals surface area contributed by atoms with Crippen molar-refractivity contribution in [2.24, 2.45) is 0 Å². The van der Waals surface area contributed by atoms with Gasteiger partial charge < -0.3 is 14.2 Å². The molecule has 0 aromatic heterocycles. The maximum atomic E-state index is 12.7. The molecule has 0 saturated heterocycles. The van der Waals surface area contributed by atoms with Gasteiger partial charge in [0.1, 0.15) is 13.2 Å². The van der Waals surface area contributed by atoms with Gasteiger partial charge in [0.15, 0.2) is 6.10 Å². The number of rotatable bonds is 49. The first-order chi connectivity index (χ1) is 33.5. The highest BCUT2D eigenvalue weighted by molar-refractivity contribution is 5.71. The van der Waals surface area contributed by atoms with Gasteiger partial charge in [-0.2, -0.15) is 0 Å². The summed E-state index contributed by atoms with van der Waals surface area (Å²) in [7, 11) is 0. The zero-order valence-corrected chi connectivity index (χ0v) is 44.1. The zero-order chi connectivity index (χ0) is 49.3. The van der Waals surface area contributed by atoms with E-state index >= 15 is 0 Å². The van der Waals surface area contributed by atoms with E-state index in [2.05, 4.69) is 118 Å². The van der Waals surface area contributed by atoms with Crippen LogP contribution in [0, 0.1) is 0 Å². The number of ether oxygens (including phenoxy) is 3. The second kappa shape index (κ2) is 55.7. The molecule has 0 aliphatic carbocycles. The highest BCUT2D eigenvalue weighted by Crippen LogP contribution is 2.15. The van der Waals surface area contributed by atoms with Crippen molar-refractivity contribution in [1.82, 2.24) is 0 Å². The van der Waals surface area contributed by atoms with Crippen LogP contribution < -0.4 is 0 Å². The van der Waals surface area contributed by atoms with Gasteiger partial charge in [-0.05, 0) is 103 Å². The summed E-state index contributed by atoms with van der Waals surface area (Å²) >= 11 is 0. The lowest BCUT2D eigenvalue weighted by Crippen LogP contribution is -2.30. The van der Waals surface area contributed by atoms with Gasteiger partial charge >= 0.3 is 17.9 Å². The number of unbranched alkanes of at least 4 members (excludes halogenated alkanes) is 20. The van der Waals surface area contributed by atoms with Gasteiger partial charge in [0, 0.05) is 19.3 Å². The van der Waals surface area contributed by atoms with Gasteiger partial charge in [-0.1, -0.05) is 233 Å². The molecule has 0 aromatic rings. The Morgan fingerprint density at radius 3 is 0.971 bits per heavy atom. The normalized spacial score (nSPS) is 12.9. The van der Waals surface area contributed by atoms with Crippen LogP contribution in [-0.2, 0) is 28.6 Å². The van der Waals surface area contributed by atoms with E-state index in [1.807, 2.05) is 12.2 Å². The van der Waals surface area contributed by atoms with Crippen molar-refractivity contribution in [3.63, 3.8) is 0 Å². The summed E-state index contributed by atoms with van der Waals surface area (Å²) in [6.07, 6.45) is 75.4. The molecule has 1 unspecified atom stereocenters. The van der Waals surface area contributed by atoms with Gasteiger partial charge in [0.25, 0.3) is 0 Å². The van der Waals surface area contributed by atoms with Gasteiger partial charge in [0.2, 0.25) is 0 Å². The van der Waals surface area contributed by atoms with E-state index < -0.39 is 12.1 Å². The summed E-state index contributed by atoms with van der Waals surface area (Å²) in [6.45, 7) is 6.27. The Bertz CT molecular complexity index is 1410. The standard InChI is InChI=1S/C62H102O6/c1-4-7-10-13-16-19-22-24-25-26-27-28-29-30-31-32-33-34-35-36-37-39-40-43-46-49-52-55-61(64)67-58-59(57-66-60(63)54-51-48-45-42-21-18-15-12-9-6-3)68-62(65)56-53-50-47-44-41-38-23-20-17-14-11-8-5-2/h7-8,10-12,15-17,19-20,24-25,27-28,38,41,47,50,59H,4-6,9,13-14,18,21-23,26,29-37,39-40,42-46,48-49,51-58H2,1-3H3/b10-7-,11-8-,15-12-,19-16-,20-17-,25-24-,28-27-,41-38-,50-47-. The van der Waals surface area contributed by atoms with Crippen molar-refractivity contribution in [2.45, 2.75) is 252 Å². The van der Waals surface area contributed by atoms with Crippen LogP contribution in [0.25, 0.3) is 0 Å². The maximum Gasteiger partial charge on any atom is 0.306 e. The number of hydrogen-bond acceptors (Lipinski definition) is 6. The van der Waals surface area contributed by atoms with Gasteiger partial charge in [0.05, 0.1) is 0 Å². The first-order valence-corrected chi connectivity index (χ1v) is 27.9. The third-order valence-corrected chi connectivity index (χ3v) is 11.5. The maximum absolute atomic E-state index is 12.7. The van der Waals surface area contributed by atoms with Crippen molar-refractivity contribution in [1.29, 1.82) is 0 Å². The molecule has 6 nitrogen and oxygen atoms in total. The number of esters is 3. The molecule has 0 saturated carbocycles. The van der Waals surface area contributed by atoms with E-state index in [0.717, 1.165) is 109 Å². The average molecular weight is 943 g/mol. The van der Waals surface area contributed by atoms with E-state index in [1.54, 1.807) is 0 Å². The van der Waals surface area contributed by atoms with Crippen molar-refractivity contribution in [3.05, 3.63) is 109 Å². The second-order valence-electron chi connectivity index (χ2n) is 18.1. The molecule has 6 heteroatoms. The molecular weight excluding hydrogens is 841 g/mol. The molecule has 0 amide bonds. The third-order valence-electron chi connectivity index (χ3n) is 11.5. The Morgan fingerprint density at radius 1 is 0.309 bits per heavy atom. The van der Waals surface area contributed by atoms with Gasteiger partial charge in [-0.25, -0.2) is 0 Å². The highest BCUT2D eigenvalue weighted by atomic mass is 16.6. The molecule has 0 aromatic carbocycles. The van der Waals surface area contributed by atoms with Crippen LogP contribution in [0.3, 0.4) is 0 Å². The summed E-state index contributed by atoms with van der Waals surface area (Å²) in [5.74, 6) is -1.01. The Hall–Kier alpha value is -3.93. The van der Waals surface area contributed by atoms with Crippen LogP contribution in [0.2, 0.25) is 0 Å². The summed E-state index contributed by atoms with van der Waals surface area (Å²) in [6, 6.07) is 0. The first kappa shape index (κ1) is 64.1.